The molecule has 2 atom stereocenters. The lowest BCUT2D eigenvalue weighted by atomic mass is 10.1. The molecule has 2 rings (SSSR count). The van der Waals surface area contributed by atoms with Crippen molar-refractivity contribution in [2.24, 2.45) is 5.92 Å². The summed E-state index contributed by atoms with van der Waals surface area (Å²) in [6, 6.07) is 9.85. The highest BCUT2D eigenvalue weighted by Crippen LogP contribution is 2.07. The average Bonchev–Trinajstić information content (AvgIpc) is 2.63. The van der Waals surface area contributed by atoms with E-state index in [0.29, 0.717) is 6.54 Å². The maximum Gasteiger partial charge on any atom is 0.0814 e. The first-order valence-electron chi connectivity index (χ1n) is 4.81. The van der Waals surface area contributed by atoms with E-state index in [1.165, 1.54) is 0 Å². The third-order valence-corrected chi connectivity index (χ3v) is 2.36. The van der Waals surface area contributed by atoms with Crippen LogP contribution in [0, 0.1) is 17.8 Å². The first-order chi connectivity index (χ1) is 6.86. The molecule has 0 aliphatic carbocycles. The van der Waals surface area contributed by atoms with Crippen LogP contribution in [-0.4, -0.2) is 24.3 Å². The average molecular weight is 187 g/mol. The molecule has 0 amide bonds. The Hall–Kier alpha value is -1.30. The molecule has 2 nitrogen and oxygen atoms in total. The van der Waals surface area contributed by atoms with Gasteiger partial charge in [-0.1, -0.05) is 30.0 Å². The number of β-amino-alcohol motifs (C(OH)–C–C–N with tert-alkyl or cyclic N) is 1. The van der Waals surface area contributed by atoms with Crippen molar-refractivity contribution in [2.45, 2.75) is 6.10 Å². The SMILES string of the molecule is O[C@@H]1CNC[C@H]1C#Cc1ccccc1. The Balaban J connectivity index is 2.07. The molecule has 0 saturated carbocycles. The van der Waals surface area contributed by atoms with Gasteiger partial charge in [0.1, 0.15) is 0 Å². The van der Waals surface area contributed by atoms with Crippen molar-refractivity contribution in [3.05, 3.63) is 35.9 Å². The topological polar surface area (TPSA) is 32.3 Å². The van der Waals surface area contributed by atoms with Crippen LogP contribution in [0.15, 0.2) is 30.3 Å². The lowest BCUT2D eigenvalue weighted by Gasteiger charge is -2.03. The summed E-state index contributed by atoms with van der Waals surface area (Å²) in [4.78, 5) is 0. The number of benzene rings is 1. The molecular weight excluding hydrogens is 174 g/mol. The van der Waals surface area contributed by atoms with Gasteiger partial charge in [0.25, 0.3) is 0 Å². The van der Waals surface area contributed by atoms with Crippen LogP contribution in [0.25, 0.3) is 0 Å². The highest BCUT2D eigenvalue weighted by molar-refractivity contribution is 5.34. The van der Waals surface area contributed by atoms with Crippen molar-refractivity contribution < 1.29 is 5.11 Å². The van der Waals surface area contributed by atoms with Crippen LogP contribution in [0.3, 0.4) is 0 Å². The van der Waals surface area contributed by atoms with Crippen LogP contribution < -0.4 is 5.32 Å². The molecule has 1 fully saturated rings. The highest BCUT2D eigenvalue weighted by atomic mass is 16.3. The quantitative estimate of drug-likeness (QED) is 0.583. The van der Waals surface area contributed by atoms with Crippen LogP contribution in [0.1, 0.15) is 5.56 Å². The summed E-state index contributed by atoms with van der Waals surface area (Å²) in [5, 5.41) is 12.6. The first kappa shape index (κ1) is 9.26. The van der Waals surface area contributed by atoms with E-state index in [-0.39, 0.29) is 12.0 Å². The molecule has 1 aliphatic heterocycles. The third-order valence-electron chi connectivity index (χ3n) is 2.36. The molecule has 0 spiro atoms. The highest BCUT2D eigenvalue weighted by Gasteiger charge is 2.22. The second-order valence-electron chi connectivity index (χ2n) is 3.47. The van der Waals surface area contributed by atoms with Crippen LogP contribution >= 0.6 is 0 Å². The van der Waals surface area contributed by atoms with Gasteiger partial charge in [-0.25, -0.2) is 0 Å². The molecule has 0 bridgehead atoms. The standard InChI is InChI=1S/C12H13NO/c14-12-9-13-8-11(12)7-6-10-4-2-1-3-5-10/h1-5,11-14H,8-9H2/t11-,12-/m1/s1. The van der Waals surface area contributed by atoms with Crippen molar-refractivity contribution in [3.8, 4) is 11.8 Å². The monoisotopic (exact) mass is 187 g/mol. The predicted octanol–water partition coefficient (Wildman–Crippen LogP) is 0.618. The lowest BCUT2D eigenvalue weighted by Crippen LogP contribution is -2.16. The minimum atomic E-state index is -0.314. The summed E-state index contributed by atoms with van der Waals surface area (Å²) in [5.41, 5.74) is 1.01. The van der Waals surface area contributed by atoms with Crippen molar-refractivity contribution >= 4 is 0 Å². The Morgan fingerprint density at radius 1 is 1.21 bits per heavy atom. The molecule has 1 heterocycles. The molecule has 1 saturated heterocycles. The number of hydrogen-bond donors (Lipinski definition) is 2. The third kappa shape index (κ3) is 2.14. The molecule has 0 aromatic heterocycles. The van der Waals surface area contributed by atoms with E-state index in [2.05, 4.69) is 17.2 Å². The summed E-state index contributed by atoms with van der Waals surface area (Å²) < 4.78 is 0. The van der Waals surface area contributed by atoms with Gasteiger partial charge >= 0.3 is 0 Å². The molecule has 0 unspecified atom stereocenters. The zero-order valence-electron chi connectivity index (χ0n) is 7.90. The van der Waals surface area contributed by atoms with Gasteiger partial charge in [-0.2, -0.15) is 0 Å². The molecule has 0 radical (unpaired) electrons. The summed E-state index contributed by atoms with van der Waals surface area (Å²) >= 11 is 0. The van der Waals surface area contributed by atoms with E-state index in [4.69, 9.17) is 0 Å². The molecule has 2 N–H and O–H groups in total. The first-order valence-corrected chi connectivity index (χ1v) is 4.81. The lowest BCUT2D eigenvalue weighted by molar-refractivity contribution is 0.171. The molecule has 1 aromatic rings. The summed E-state index contributed by atoms with van der Waals surface area (Å²) in [7, 11) is 0. The van der Waals surface area contributed by atoms with Gasteiger partial charge in [0.05, 0.1) is 12.0 Å². The van der Waals surface area contributed by atoms with E-state index >= 15 is 0 Å². The normalized spacial score (nSPS) is 25.5. The van der Waals surface area contributed by atoms with E-state index in [0.717, 1.165) is 12.1 Å². The second-order valence-corrected chi connectivity index (χ2v) is 3.47. The van der Waals surface area contributed by atoms with E-state index in [1.54, 1.807) is 0 Å². The minimum Gasteiger partial charge on any atom is -0.390 e. The number of aliphatic hydroxyl groups excluding tert-OH is 1. The van der Waals surface area contributed by atoms with Crippen LogP contribution in [0.2, 0.25) is 0 Å². The Bertz CT molecular complexity index is 350. The Morgan fingerprint density at radius 3 is 2.64 bits per heavy atom. The summed E-state index contributed by atoms with van der Waals surface area (Å²) in [6.45, 7) is 1.45. The van der Waals surface area contributed by atoms with Gasteiger partial charge in [0.2, 0.25) is 0 Å². The number of rotatable bonds is 0. The summed E-state index contributed by atoms with van der Waals surface area (Å²) in [6.07, 6.45) is -0.314. The molecular formula is C12H13NO. The zero-order valence-corrected chi connectivity index (χ0v) is 7.90. The molecule has 72 valence electrons. The zero-order chi connectivity index (χ0) is 9.80. The van der Waals surface area contributed by atoms with Crippen LogP contribution in [0.5, 0.6) is 0 Å². The van der Waals surface area contributed by atoms with Crippen molar-refractivity contribution in [1.82, 2.24) is 5.32 Å². The van der Waals surface area contributed by atoms with Gasteiger partial charge < -0.3 is 10.4 Å². The van der Waals surface area contributed by atoms with E-state index < -0.39 is 0 Å². The smallest absolute Gasteiger partial charge is 0.0814 e. The van der Waals surface area contributed by atoms with Gasteiger partial charge in [0.15, 0.2) is 0 Å². The van der Waals surface area contributed by atoms with Gasteiger partial charge in [-0.3, -0.25) is 0 Å². The minimum absolute atomic E-state index is 0.0789. The predicted molar refractivity (Wildman–Crippen MR) is 55.7 cm³/mol. The maximum absolute atomic E-state index is 9.50. The Kier molecular flexibility index (Phi) is 2.83. The number of aliphatic hydroxyl groups is 1. The van der Waals surface area contributed by atoms with Crippen molar-refractivity contribution in [1.29, 1.82) is 0 Å². The van der Waals surface area contributed by atoms with E-state index in [1.807, 2.05) is 30.3 Å². The molecule has 1 aliphatic rings. The largest absolute Gasteiger partial charge is 0.390 e. The fraction of sp³-hybridized carbons (Fsp3) is 0.333. The van der Waals surface area contributed by atoms with Crippen LogP contribution in [-0.2, 0) is 0 Å². The second kappa shape index (κ2) is 4.28. The van der Waals surface area contributed by atoms with E-state index in [9.17, 15) is 5.11 Å². The Labute approximate surface area is 84.0 Å². The fourth-order valence-corrected chi connectivity index (χ4v) is 1.51. The van der Waals surface area contributed by atoms with Gasteiger partial charge in [-0.05, 0) is 12.1 Å². The van der Waals surface area contributed by atoms with Gasteiger partial charge in [0, 0.05) is 18.7 Å². The van der Waals surface area contributed by atoms with Crippen molar-refractivity contribution in [3.63, 3.8) is 0 Å². The molecule has 1 aromatic carbocycles. The summed E-state index contributed by atoms with van der Waals surface area (Å²) in [5.74, 6) is 6.23. The number of nitrogens with one attached hydrogen (secondary N) is 1. The van der Waals surface area contributed by atoms with Gasteiger partial charge in [-0.15, -0.1) is 0 Å². The number of hydrogen-bond acceptors (Lipinski definition) is 2. The fourth-order valence-electron chi connectivity index (χ4n) is 1.51. The maximum atomic E-state index is 9.50. The van der Waals surface area contributed by atoms with Crippen LogP contribution in [0.4, 0.5) is 0 Å². The Morgan fingerprint density at radius 2 is 2.00 bits per heavy atom. The van der Waals surface area contributed by atoms with Crippen molar-refractivity contribution in [2.75, 3.05) is 13.1 Å². The molecule has 14 heavy (non-hydrogen) atoms. The molecule has 2 heteroatoms.